The SMILES string of the molecule is O=S(=O)(c1ccc(F)c(CO)c1)N1CCCCCCC1. The Kier molecular flexibility index (Phi) is 5.12. The Morgan fingerprint density at radius 2 is 1.70 bits per heavy atom. The number of hydrogen-bond acceptors (Lipinski definition) is 3. The molecular weight excluding hydrogens is 281 g/mol. The van der Waals surface area contributed by atoms with Crippen LogP contribution < -0.4 is 0 Å². The molecule has 20 heavy (non-hydrogen) atoms. The molecule has 0 saturated carbocycles. The van der Waals surface area contributed by atoms with Crippen molar-refractivity contribution >= 4 is 10.0 Å². The molecule has 0 radical (unpaired) electrons. The lowest BCUT2D eigenvalue weighted by atomic mass is 10.1. The van der Waals surface area contributed by atoms with Gasteiger partial charge in [0.15, 0.2) is 0 Å². The Morgan fingerprint density at radius 3 is 2.30 bits per heavy atom. The first kappa shape index (κ1) is 15.4. The standard InChI is InChI=1S/C14H20FNO3S/c15-14-7-6-13(10-12(14)11-17)20(18,19)16-8-4-2-1-3-5-9-16/h6-7,10,17H,1-5,8-9,11H2. The fourth-order valence-electron chi connectivity index (χ4n) is 2.44. The molecule has 2 rings (SSSR count). The lowest BCUT2D eigenvalue weighted by Crippen LogP contribution is -2.33. The van der Waals surface area contributed by atoms with Crippen LogP contribution >= 0.6 is 0 Å². The van der Waals surface area contributed by atoms with Crippen LogP contribution in [0.2, 0.25) is 0 Å². The molecule has 1 saturated heterocycles. The summed E-state index contributed by atoms with van der Waals surface area (Å²) >= 11 is 0. The monoisotopic (exact) mass is 301 g/mol. The normalized spacial score (nSPS) is 18.5. The van der Waals surface area contributed by atoms with E-state index in [1.54, 1.807) is 0 Å². The van der Waals surface area contributed by atoms with Crippen molar-refractivity contribution in [2.75, 3.05) is 13.1 Å². The molecule has 4 nitrogen and oxygen atoms in total. The molecule has 0 bridgehead atoms. The average molecular weight is 301 g/mol. The van der Waals surface area contributed by atoms with Crippen molar-refractivity contribution in [1.82, 2.24) is 4.31 Å². The summed E-state index contributed by atoms with van der Waals surface area (Å²) in [6, 6.07) is 3.59. The molecule has 0 atom stereocenters. The second kappa shape index (κ2) is 6.65. The third-order valence-corrected chi connectivity index (χ3v) is 5.53. The number of aliphatic hydroxyl groups excluding tert-OH is 1. The Hall–Kier alpha value is -0.980. The zero-order chi connectivity index (χ0) is 14.6. The topological polar surface area (TPSA) is 57.6 Å². The van der Waals surface area contributed by atoms with E-state index in [2.05, 4.69) is 0 Å². The molecule has 1 heterocycles. The van der Waals surface area contributed by atoms with Gasteiger partial charge in [0.1, 0.15) is 5.82 Å². The highest BCUT2D eigenvalue weighted by Gasteiger charge is 2.25. The number of halogens is 1. The number of sulfonamides is 1. The van der Waals surface area contributed by atoms with E-state index in [9.17, 15) is 12.8 Å². The Labute approximate surface area is 119 Å². The highest BCUT2D eigenvalue weighted by molar-refractivity contribution is 7.89. The van der Waals surface area contributed by atoms with E-state index < -0.39 is 22.4 Å². The predicted molar refractivity (Wildman–Crippen MR) is 74.2 cm³/mol. The van der Waals surface area contributed by atoms with E-state index in [1.165, 1.54) is 16.4 Å². The van der Waals surface area contributed by atoms with Gasteiger partial charge in [0.2, 0.25) is 10.0 Å². The van der Waals surface area contributed by atoms with Crippen LogP contribution in [-0.4, -0.2) is 30.9 Å². The van der Waals surface area contributed by atoms with E-state index in [0.717, 1.165) is 38.2 Å². The average Bonchev–Trinajstić information content (AvgIpc) is 2.38. The summed E-state index contributed by atoms with van der Waals surface area (Å²) < 4.78 is 39.9. The maximum Gasteiger partial charge on any atom is 0.243 e. The van der Waals surface area contributed by atoms with Gasteiger partial charge >= 0.3 is 0 Å². The minimum Gasteiger partial charge on any atom is -0.392 e. The lowest BCUT2D eigenvalue weighted by Gasteiger charge is -2.24. The molecular formula is C14H20FNO3S. The second-order valence-electron chi connectivity index (χ2n) is 5.08. The Balaban J connectivity index is 2.28. The van der Waals surface area contributed by atoms with Gasteiger partial charge in [0, 0.05) is 18.7 Å². The molecule has 0 aliphatic carbocycles. The summed E-state index contributed by atoms with van der Waals surface area (Å²) in [5.41, 5.74) is 0.0121. The van der Waals surface area contributed by atoms with Gasteiger partial charge < -0.3 is 5.11 Å². The fraction of sp³-hybridized carbons (Fsp3) is 0.571. The molecule has 1 N–H and O–H groups in total. The molecule has 1 aliphatic heterocycles. The van der Waals surface area contributed by atoms with Crippen LogP contribution in [0, 0.1) is 5.82 Å². The molecule has 1 fully saturated rings. The number of benzene rings is 1. The molecule has 6 heteroatoms. The van der Waals surface area contributed by atoms with E-state index in [1.807, 2.05) is 0 Å². The van der Waals surface area contributed by atoms with Crippen molar-refractivity contribution in [2.45, 2.75) is 43.6 Å². The first-order valence-corrected chi connectivity index (χ1v) is 8.39. The van der Waals surface area contributed by atoms with Gasteiger partial charge in [-0.2, -0.15) is 4.31 Å². The molecule has 0 amide bonds. The number of nitrogens with zero attached hydrogens (tertiary/aromatic N) is 1. The minimum atomic E-state index is -3.60. The van der Waals surface area contributed by atoms with Gasteiger partial charge in [-0.15, -0.1) is 0 Å². The number of rotatable bonds is 3. The number of aliphatic hydroxyl groups is 1. The maximum atomic E-state index is 13.4. The molecule has 0 unspecified atom stereocenters. The summed E-state index contributed by atoms with van der Waals surface area (Å²) in [7, 11) is -3.60. The van der Waals surface area contributed by atoms with Crippen LogP contribution in [0.1, 0.15) is 37.7 Å². The van der Waals surface area contributed by atoms with Crippen molar-refractivity contribution in [2.24, 2.45) is 0 Å². The molecule has 1 aliphatic rings. The summed E-state index contributed by atoms with van der Waals surface area (Å²) in [4.78, 5) is 0.0588. The summed E-state index contributed by atoms with van der Waals surface area (Å²) in [6.45, 7) is 0.511. The van der Waals surface area contributed by atoms with Crippen LogP contribution in [-0.2, 0) is 16.6 Å². The van der Waals surface area contributed by atoms with Crippen LogP contribution in [0.5, 0.6) is 0 Å². The van der Waals surface area contributed by atoms with Gasteiger partial charge in [-0.25, -0.2) is 12.8 Å². The second-order valence-corrected chi connectivity index (χ2v) is 7.02. The van der Waals surface area contributed by atoms with Gasteiger partial charge in [0.05, 0.1) is 11.5 Å². The minimum absolute atomic E-state index is 0.0121. The molecule has 0 spiro atoms. The van der Waals surface area contributed by atoms with E-state index >= 15 is 0 Å². The maximum absolute atomic E-state index is 13.4. The van der Waals surface area contributed by atoms with Crippen LogP contribution in [0.3, 0.4) is 0 Å². The van der Waals surface area contributed by atoms with Crippen LogP contribution in [0.15, 0.2) is 23.1 Å². The highest BCUT2D eigenvalue weighted by Crippen LogP contribution is 2.22. The fourth-order valence-corrected chi connectivity index (χ4v) is 4.01. The van der Waals surface area contributed by atoms with Gasteiger partial charge in [-0.3, -0.25) is 0 Å². The summed E-state index contributed by atoms with van der Waals surface area (Å²) in [5.74, 6) is -0.584. The summed E-state index contributed by atoms with van der Waals surface area (Å²) in [5, 5.41) is 9.05. The van der Waals surface area contributed by atoms with E-state index in [-0.39, 0.29) is 10.5 Å². The van der Waals surface area contributed by atoms with E-state index in [0.29, 0.717) is 13.1 Å². The van der Waals surface area contributed by atoms with Crippen molar-refractivity contribution in [3.63, 3.8) is 0 Å². The van der Waals surface area contributed by atoms with Crippen LogP contribution in [0.4, 0.5) is 4.39 Å². The van der Waals surface area contributed by atoms with Gasteiger partial charge in [-0.05, 0) is 31.0 Å². The smallest absolute Gasteiger partial charge is 0.243 e. The molecule has 1 aromatic rings. The van der Waals surface area contributed by atoms with Crippen LogP contribution in [0.25, 0.3) is 0 Å². The predicted octanol–water partition coefficient (Wildman–Crippen LogP) is 2.27. The Morgan fingerprint density at radius 1 is 1.10 bits per heavy atom. The zero-order valence-corrected chi connectivity index (χ0v) is 12.2. The molecule has 112 valence electrons. The van der Waals surface area contributed by atoms with Gasteiger partial charge in [-0.1, -0.05) is 19.3 Å². The van der Waals surface area contributed by atoms with Crippen molar-refractivity contribution in [1.29, 1.82) is 0 Å². The third-order valence-electron chi connectivity index (χ3n) is 3.64. The number of hydrogen-bond donors (Lipinski definition) is 1. The first-order valence-electron chi connectivity index (χ1n) is 6.95. The highest BCUT2D eigenvalue weighted by atomic mass is 32.2. The van der Waals surface area contributed by atoms with Crippen molar-refractivity contribution < 1.29 is 17.9 Å². The summed E-state index contributed by atoms with van der Waals surface area (Å²) in [6.07, 6.45) is 4.94. The van der Waals surface area contributed by atoms with Crippen molar-refractivity contribution in [3.05, 3.63) is 29.6 Å². The zero-order valence-electron chi connectivity index (χ0n) is 11.4. The molecule has 1 aromatic carbocycles. The van der Waals surface area contributed by atoms with Gasteiger partial charge in [0.25, 0.3) is 0 Å². The third kappa shape index (κ3) is 3.37. The quantitative estimate of drug-likeness (QED) is 0.932. The Bertz CT molecular complexity index is 552. The van der Waals surface area contributed by atoms with Crippen molar-refractivity contribution in [3.8, 4) is 0 Å². The molecule has 0 aromatic heterocycles. The largest absolute Gasteiger partial charge is 0.392 e. The lowest BCUT2D eigenvalue weighted by molar-refractivity contribution is 0.275. The first-order chi connectivity index (χ1) is 9.55. The van der Waals surface area contributed by atoms with E-state index in [4.69, 9.17) is 5.11 Å².